The Morgan fingerprint density at radius 2 is 1.14 bits per heavy atom. The molecule has 4 aromatic rings. The van der Waals surface area contributed by atoms with Crippen LogP contribution in [0.2, 0.25) is 0 Å². The molecule has 2 fully saturated rings. The highest BCUT2D eigenvalue weighted by atomic mass is 32.1. The molecule has 2 aliphatic rings. The molecule has 2 aromatic carbocycles. The molecule has 84 heavy (non-hydrogen) atoms. The summed E-state index contributed by atoms with van der Waals surface area (Å²) < 4.78 is 25.0. The van der Waals surface area contributed by atoms with Crippen LogP contribution in [0.15, 0.2) is 48.5 Å². The van der Waals surface area contributed by atoms with Gasteiger partial charge in [-0.05, 0) is 137 Å². The number of thiazole rings is 1. The summed E-state index contributed by atoms with van der Waals surface area (Å²) >= 11 is 1.69. The number of benzene rings is 2. The van der Waals surface area contributed by atoms with Crippen molar-refractivity contribution in [2.45, 2.75) is 189 Å². The van der Waals surface area contributed by atoms with E-state index in [1.807, 2.05) is 66.8 Å². The summed E-state index contributed by atoms with van der Waals surface area (Å²) in [4.78, 5) is 83.7. The fourth-order valence-corrected chi connectivity index (χ4v) is 11.0. The number of carbonyl (C=O) groups is 4. The summed E-state index contributed by atoms with van der Waals surface area (Å²) in [6, 6.07) is 16.3. The minimum Gasteiger partial charge on any atom is -0.461 e. The molecule has 466 valence electrons. The number of para-hydroxylation sites is 1. The maximum Gasteiger partial charge on any atom is 0.410 e. The largest absolute Gasteiger partial charge is 0.461 e. The number of hydrogen-bond acceptors (Lipinski definition) is 17. The van der Waals surface area contributed by atoms with Gasteiger partial charge >= 0.3 is 24.3 Å². The number of anilines is 3. The second-order valence-electron chi connectivity index (χ2n) is 25.9. The maximum absolute atomic E-state index is 14.3. The van der Waals surface area contributed by atoms with Gasteiger partial charge in [0.05, 0.1) is 16.8 Å². The lowest BCUT2D eigenvalue weighted by atomic mass is 9.98. The van der Waals surface area contributed by atoms with Crippen molar-refractivity contribution in [3.63, 3.8) is 0 Å². The first-order valence-electron chi connectivity index (χ1n) is 30.9. The number of ether oxygens (including phenoxy) is 4. The minimum absolute atomic E-state index is 0.157. The molecule has 6 rings (SSSR count). The summed E-state index contributed by atoms with van der Waals surface area (Å²) in [5, 5.41) is 11.3. The van der Waals surface area contributed by atoms with Crippen molar-refractivity contribution in [3.05, 3.63) is 48.5 Å². The number of nitrogens with zero attached hydrogens (tertiary/aromatic N) is 9. The van der Waals surface area contributed by atoms with Crippen LogP contribution in [0.3, 0.4) is 0 Å². The third-order valence-electron chi connectivity index (χ3n) is 14.4. The van der Waals surface area contributed by atoms with E-state index in [1.54, 1.807) is 41.9 Å². The Balaban J connectivity index is 1.14. The lowest BCUT2D eigenvalue weighted by molar-refractivity contribution is -0.122. The van der Waals surface area contributed by atoms with E-state index < -0.39 is 41.1 Å². The molecular formula is C63H100N12O8S. The zero-order valence-electron chi connectivity index (χ0n) is 52.7. The maximum atomic E-state index is 14.3. The van der Waals surface area contributed by atoms with Crippen molar-refractivity contribution in [3.8, 4) is 16.6 Å². The number of nitrogens with one attached hydrogen (secondary N) is 3. The third kappa shape index (κ3) is 24.0. The molecule has 1 aliphatic carbocycles. The van der Waals surface area contributed by atoms with Gasteiger partial charge in [-0.1, -0.05) is 83.8 Å². The Hall–Kier alpha value is -6.22. The van der Waals surface area contributed by atoms with Crippen LogP contribution in [0.5, 0.6) is 6.01 Å². The lowest BCUT2D eigenvalue weighted by Crippen LogP contribution is -2.51. The van der Waals surface area contributed by atoms with Gasteiger partial charge in [-0.3, -0.25) is 9.69 Å². The predicted octanol–water partition coefficient (Wildman–Crippen LogP) is 12.1. The SMILES string of the molecule is CC(C)C[C@@H](Nc1nc(NC2CCCCCCCCCCC2)nc(OCCN(C)c2ccc(-c3nc4ccccc4s3)cc2)n1)C(=O)NCCCN1CCN(C(=O)OC(C)(C)C)CCN(C(=O)OC(C)(C)C)CCN(C(=O)OC(C)(C)C)CC1. The van der Waals surface area contributed by atoms with Crippen LogP contribution in [0, 0.1) is 5.92 Å². The van der Waals surface area contributed by atoms with Crippen LogP contribution in [0.1, 0.15) is 160 Å². The van der Waals surface area contributed by atoms with E-state index in [4.69, 9.17) is 38.9 Å². The van der Waals surface area contributed by atoms with E-state index in [0.29, 0.717) is 71.2 Å². The number of hydrogen-bond donors (Lipinski definition) is 3. The van der Waals surface area contributed by atoms with Gasteiger partial charge in [-0.2, -0.15) is 15.0 Å². The van der Waals surface area contributed by atoms with Gasteiger partial charge in [0.1, 0.15) is 34.5 Å². The molecule has 2 aromatic heterocycles. The molecule has 3 heterocycles. The molecule has 1 saturated carbocycles. The van der Waals surface area contributed by atoms with Gasteiger partial charge in [0.15, 0.2) is 0 Å². The highest BCUT2D eigenvalue weighted by Crippen LogP contribution is 2.31. The van der Waals surface area contributed by atoms with Gasteiger partial charge in [-0.15, -0.1) is 11.3 Å². The molecule has 4 amide bonds. The van der Waals surface area contributed by atoms with Gasteiger partial charge in [0.25, 0.3) is 0 Å². The zero-order valence-corrected chi connectivity index (χ0v) is 53.5. The van der Waals surface area contributed by atoms with E-state index in [9.17, 15) is 19.2 Å². The van der Waals surface area contributed by atoms with Crippen LogP contribution in [-0.2, 0) is 19.0 Å². The molecule has 1 saturated heterocycles. The van der Waals surface area contributed by atoms with Crippen molar-refractivity contribution in [2.75, 3.05) is 101 Å². The first-order chi connectivity index (χ1) is 39.9. The second-order valence-corrected chi connectivity index (χ2v) is 26.9. The average molecular weight is 1190 g/mol. The Bertz CT molecular complexity index is 2580. The van der Waals surface area contributed by atoms with E-state index in [2.05, 4.69) is 69.9 Å². The highest BCUT2D eigenvalue weighted by Gasteiger charge is 2.30. The molecule has 0 bridgehead atoms. The minimum atomic E-state index is -0.752. The molecule has 0 unspecified atom stereocenters. The van der Waals surface area contributed by atoms with Crippen molar-refractivity contribution in [1.29, 1.82) is 0 Å². The Morgan fingerprint density at radius 1 is 0.643 bits per heavy atom. The average Bonchev–Trinajstić information content (AvgIpc) is 3.98. The molecule has 0 spiro atoms. The predicted molar refractivity (Wildman–Crippen MR) is 336 cm³/mol. The van der Waals surface area contributed by atoms with E-state index >= 15 is 0 Å². The second kappa shape index (κ2) is 32.3. The van der Waals surface area contributed by atoms with Crippen LogP contribution in [-0.4, -0.2) is 178 Å². The van der Waals surface area contributed by atoms with Crippen molar-refractivity contribution in [1.82, 2.24) is 44.9 Å². The monoisotopic (exact) mass is 1180 g/mol. The number of amides is 4. The number of likely N-dealkylation sites (N-methyl/N-ethyl adjacent to an activating group) is 1. The van der Waals surface area contributed by atoms with Crippen LogP contribution in [0.25, 0.3) is 20.8 Å². The molecular weight excluding hydrogens is 1080 g/mol. The van der Waals surface area contributed by atoms with Gasteiger partial charge < -0.3 is 54.5 Å². The van der Waals surface area contributed by atoms with Crippen molar-refractivity contribution < 1.29 is 38.1 Å². The summed E-state index contributed by atoms with van der Waals surface area (Å²) in [6.07, 6.45) is 12.7. The Labute approximate surface area is 504 Å². The first-order valence-corrected chi connectivity index (χ1v) is 31.7. The zero-order chi connectivity index (χ0) is 60.9. The molecule has 0 radical (unpaired) electrons. The number of carbonyl (C=O) groups excluding carboxylic acids is 4. The number of aromatic nitrogens is 4. The van der Waals surface area contributed by atoms with Gasteiger partial charge in [-0.25, -0.2) is 19.4 Å². The topological polar surface area (TPSA) is 209 Å². The first kappa shape index (κ1) is 66.9. The standard InChI is InChI=1S/C63H100N12O8S/c1-46(2)45-51(53(76)64-33-24-34-72-35-37-73(58(77)81-61(3,4)5)39-41-75(60(79)83-63(9,10)11)42-40-74(38-36-72)59(78)82-62(6,7)8)67-56-68-55(65-48-25-20-18-16-14-13-15-17-19-21-26-48)69-57(70-56)80-44-43-71(12)49-31-29-47(30-32-49)54-66-50-27-22-23-28-52(50)84-54/h22-23,27-32,46,48,51H,13-21,24-26,33-45H2,1-12H3,(H,64,76)(H2,65,67,68,69,70)/t51-/m1/s1. The molecule has 3 N–H and O–H groups in total. The quantitative estimate of drug-likeness (QED) is 0.0663. The van der Waals surface area contributed by atoms with Gasteiger partial charge in [0.2, 0.25) is 17.8 Å². The van der Waals surface area contributed by atoms with Crippen molar-refractivity contribution in [2.24, 2.45) is 5.92 Å². The normalized spacial score (nSPS) is 16.8. The van der Waals surface area contributed by atoms with E-state index in [-0.39, 0.29) is 56.0 Å². The highest BCUT2D eigenvalue weighted by molar-refractivity contribution is 7.21. The lowest BCUT2D eigenvalue weighted by Gasteiger charge is -2.35. The summed E-state index contributed by atoms with van der Waals surface area (Å²) in [6.45, 7) is 24.4. The Morgan fingerprint density at radius 3 is 1.65 bits per heavy atom. The molecule has 21 heteroatoms. The third-order valence-corrected chi connectivity index (χ3v) is 15.5. The summed E-state index contributed by atoms with van der Waals surface area (Å²) in [7, 11) is 2.03. The molecule has 20 nitrogen and oxygen atoms in total. The Kier molecular flexibility index (Phi) is 25.8. The fourth-order valence-electron chi connectivity index (χ4n) is 10.00. The summed E-state index contributed by atoms with van der Waals surface area (Å²) in [5.74, 6) is 0.647. The molecule has 1 atom stereocenters. The van der Waals surface area contributed by atoms with Crippen LogP contribution >= 0.6 is 11.3 Å². The van der Waals surface area contributed by atoms with Gasteiger partial charge in [0, 0.05) is 83.2 Å². The van der Waals surface area contributed by atoms with E-state index in [1.165, 1.54) is 49.8 Å². The summed E-state index contributed by atoms with van der Waals surface area (Å²) in [5.41, 5.74) is 0.881. The van der Waals surface area contributed by atoms with Crippen molar-refractivity contribution >= 4 is 63.3 Å². The number of rotatable bonds is 17. The molecule has 1 aliphatic heterocycles. The fraction of sp³-hybridized carbons (Fsp3) is 0.683. The van der Waals surface area contributed by atoms with Crippen LogP contribution < -0.4 is 25.6 Å². The van der Waals surface area contributed by atoms with Crippen LogP contribution in [0.4, 0.5) is 32.0 Å². The number of fused-ring (bicyclic) bond motifs is 1. The smallest absolute Gasteiger partial charge is 0.410 e. The van der Waals surface area contributed by atoms with E-state index in [0.717, 1.165) is 52.2 Å².